The first kappa shape index (κ1) is 9.62. The number of hydrogen-bond acceptors (Lipinski definition) is 2. The van der Waals surface area contributed by atoms with Crippen LogP contribution < -0.4 is 5.32 Å². The van der Waals surface area contributed by atoms with Crippen LogP contribution in [0, 0.1) is 5.82 Å². The Morgan fingerprint density at radius 1 is 1.57 bits per heavy atom. The fourth-order valence-corrected chi connectivity index (χ4v) is 1.89. The van der Waals surface area contributed by atoms with Crippen LogP contribution >= 0.6 is 0 Å². The van der Waals surface area contributed by atoms with Gasteiger partial charge in [0.15, 0.2) is 0 Å². The average molecular weight is 195 g/mol. The van der Waals surface area contributed by atoms with Gasteiger partial charge in [-0.3, -0.25) is 0 Å². The molecule has 0 bridgehead atoms. The maximum absolute atomic E-state index is 13.4. The summed E-state index contributed by atoms with van der Waals surface area (Å²) in [5.74, 6) is -0.105. The molecule has 0 aliphatic carbocycles. The molecule has 1 aliphatic heterocycles. The maximum Gasteiger partial charge on any atom is 0.126 e. The highest BCUT2D eigenvalue weighted by Crippen LogP contribution is 2.27. The van der Waals surface area contributed by atoms with Gasteiger partial charge in [0.05, 0.1) is 12.7 Å². The number of hydrogen-bond donors (Lipinski definition) is 1. The SMILES string of the molecule is CNC[C@H]1OCCc2c(F)cccc21. The van der Waals surface area contributed by atoms with Gasteiger partial charge >= 0.3 is 0 Å². The fourth-order valence-electron chi connectivity index (χ4n) is 1.89. The van der Waals surface area contributed by atoms with E-state index in [1.54, 1.807) is 6.07 Å². The molecule has 3 heteroatoms. The van der Waals surface area contributed by atoms with Crippen LogP contribution in [0.25, 0.3) is 0 Å². The number of likely N-dealkylation sites (N-methyl/N-ethyl adjacent to an activating group) is 1. The second-order valence-corrected chi connectivity index (χ2v) is 3.47. The third-order valence-electron chi connectivity index (χ3n) is 2.56. The molecule has 0 saturated heterocycles. The normalized spacial score (nSPS) is 20.6. The molecule has 1 aliphatic rings. The van der Waals surface area contributed by atoms with Gasteiger partial charge in [0.2, 0.25) is 0 Å². The molecule has 1 aromatic carbocycles. The van der Waals surface area contributed by atoms with Gasteiger partial charge in [-0.25, -0.2) is 4.39 Å². The molecule has 14 heavy (non-hydrogen) atoms. The molecule has 1 N–H and O–H groups in total. The van der Waals surface area contributed by atoms with Crippen molar-refractivity contribution in [2.45, 2.75) is 12.5 Å². The molecule has 0 saturated carbocycles. The average Bonchev–Trinajstić information content (AvgIpc) is 2.20. The zero-order valence-electron chi connectivity index (χ0n) is 8.22. The number of fused-ring (bicyclic) bond motifs is 1. The zero-order chi connectivity index (χ0) is 9.97. The highest BCUT2D eigenvalue weighted by atomic mass is 19.1. The van der Waals surface area contributed by atoms with Crippen LogP contribution in [0.15, 0.2) is 18.2 Å². The van der Waals surface area contributed by atoms with Gasteiger partial charge in [-0.2, -0.15) is 0 Å². The Bertz CT molecular complexity index is 327. The van der Waals surface area contributed by atoms with E-state index in [0.29, 0.717) is 13.0 Å². The number of benzene rings is 1. The standard InChI is InChI=1S/C11H14FNO/c1-13-7-11-9-3-2-4-10(12)8(9)5-6-14-11/h2-4,11,13H,5-7H2,1H3/t11-/m1/s1. The molecule has 1 atom stereocenters. The minimum atomic E-state index is -0.105. The van der Waals surface area contributed by atoms with Gasteiger partial charge in [-0.05, 0) is 30.7 Å². The van der Waals surface area contributed by atoms with Gasteiger partial charge in [0, 0.05) is 6.54 Å². The Kier molecular flexibility index (Phi) is 2.79. The van der Waals surface area contributed by atoms with Crippen LogP contribution in [0.1, 0.15) is 17.2 Å². The molecule has 0 amide bonds. The second-order valence-electron chi connectivity index (χ2n) is 3.47. The molecule has 1 aromatic rings. The molecule has 0 unspecified atom stereocenters. The molecule has 0 radical (unpaired) electrons. The van der Waals surface area contributed by atoms with Crippen LogP contribution in [-0.4, -0.2) is 20.2 Å². The molecule has 76 valence electrons. The van der Waals surface area contributed by atoms with Gasteiger partial charge < -0.3 is 10.1 Å². The molecule has 0 spiro atoms. The molecule has 2 rings (SSSR count). The van der Waals surface area contributed by atoms with Crippen molar-refractivity contribution in [3.63, 3.8) is 0 Å². The molecule has 1 heterocycles. The van der Waals surface area contributed by atoms with E-state index in [2.05, 4.69) is 5.32 Å². The minimum absolute atomic E-state index is 0.000509. The Labute approximate surface area is 83.1 Å². The van der Waals surface area contributed by atoms with E-state index in [0.717, 1.165) is 17.7 Å². The fraction of sp³-hybridized carbons (Fsp3) is 0.455. The highest BCUT2D eigenvalue weighted by molar-refractivity contribution is 5.32. The number of rotatable bonds is 2. The van der Waals surface area contributed by atoms with Gasteiger partial charge in [0.25, 0.3) is 0 Å². The van der Waals surface area contributed by atoms with Crippen molar-refractivity contribution in [1.82, 2.24) is 5.32 Å². The Balaban J connectivity index is 2.34. The number of nitrogens with one attached hydrogen (secondary N) is 1. The lowest BCUT2D eigenvalue weighted by molar-refractivity contribution is 0.0427. The summed E-state index contributed by atoms with van der Waals surface area (Å²) in [5.41, 5.74) is 1.81. The van der Waals surface area contributed by atoms with E-state index in [-0.39, 0.29) is 11.9 Å². The van der Waals surface area contributed by atoms with Crippen molar-refractivity contribution in [3.8, 4) is 0 Å². The van der Waals surface area contributed by atoms with Crippen molar-refractivity contribution < 1.29 is 9.13 Å². The summed E-state index contributed by atoms with van der Waals surface area (Å²) in [5, 5.41) is 3.05. The Morgan fingerprint density at radius 2 is 2.43 bits per heavy atom. The van der Waals surface area contributed by atoms with Crippen molar-refractivity contribution in [2.75, 3.05) is 20.2 Å². The van der Waals surface area contributed by atoms with E-state index < -0.39 is 0 Å². The summed E-state index contributed by atoms with van der Waals surface area (Å²) in [6.45, 7) is 1.34. The molecule has 0 fully saturated rings. The van der Waals surface area contributed by atoms with Gasteiger partial charge in [-0.15, -0.1) is 0 Å². The first-order chi connectivity index (χ1) is 6.83. The first-order valence-corrected chi connectivity index (χ1v) is 4.86. The van der Waals surface area contributed by atoms with E-state index in [1.165, 1.54) is 6.07 Å². The number of halogens is 1. The van der Waals surface area contributed by atoms with E-state index in [4.69, 9.17) is 4.74 Å². The highest BCUT2D eigenvalue weighted by Gasteiger charge is 2.21. The third kappa shape index (κ3) is 1.65. The smallest absolute Gasteiger partial charge is 0.126 e. The van der Waals surface area contributed by atoms with Crippen LogP contribution in [0.2, 0.25) is 0 Å². The summed E-state index contributed by atoms with van der Waals surface area (Å²) in [7, 11) is 1.87. The summed E-state index contributed by atoms with van der Waals surface area (Å²) in [4.78, 5) is 0. The monoisotopic (exact) mass is 195 g/mol. The maximum atomic E-state index is 13.4. The summed E-state index contributed by atoms with van der Waals surface area (Å²) in [6.07, 6.45) is 0.682. The predicted octanol–water partition coefficient (Wildman–Crippen LogP) is 1.66. The van der Waals surface area contributed by atoms with Gasteiger partial charge in [-0.1, -0.05) is 12.1 Å². The van der Waals surface area contributed by atoms with Crippen molar-refractivity contribution >= 4 is 0 Å². The second kappa shape index (κ2) is 4.07. The van der Waals surface area contributed by atoms with Crippen LogP contribution in [0.3, 0.4) is 0 Å². The van der Waals surface area contributed by atoms with Crippen molar-refractivity contribution in [2.24, 2.45) is 0 Å². The Hall–Kier alpha value is -0.930. The van der Waals surface area contributed by atoms with Gasteiger partial charge in [0.1, 0.15) is 5.82 Å². The first-order valence-electron chi connectivity index (χ1n) is 4.86. The van der Waals surface area contributed by atoms with E-state index >= 15 is 0 Å². The lowest BCUT2D eigenvalue weighted by Gasteiger charge is -2.26. The summed E-state index contributed by atoms with van der Waals surface area (Å²) < 4.78 is 19.0. The van der Waals surface area contributed by atoms with Crippen LogP contribution in [0.5, 0.6) is 0 Å². The molecule has 0 aromatic heterocycles. The number of ether oxygens (including phenoxy) is 1. The minimum Gasteiger partial charge on any atom is -0.372 e. The molecular formula is C11H14FNO. The zero-order valence-corrected chi connectivity index (χ0v) is 8.22. The largest absolute Gasteiger partial charge is 0.372 e. The summed E-state index contributed by atoms with van der Waals surface area (Å²) >= 11 is 0. The molecule has 2 nitrogen and oxygen atoms in total. The third-order valence-corrected chi connectivity index (χ3v) is 2.56. The topological polar surface area (TPSA) is 21.3 Å². The van der Waals surface area contributed by atoms with Crippen LogP contribution in [-0.2, 0) is 11.2 Å². The Morgan fingerprint density at radius 3 is 3.21 bits per heavy atom. The van der Waals surface area contributed by atoms with Crippen molar-refractivity contribution in [3.05, 3.63) is 35.1 Å². The summed E-state index contributed by atoms with van der Waals surface area (Å²) in [6, 6.07) is 5.20. The van der Waals surface area contributed by atoms with Crippen molar-refractivity contribution in [1.29, 1.82) is 0 Å². The lowest BCUT2D eigenvalue weighted by Crippen LogP contribution is -2.25. The van der Waals surface area contributed by atoms with Crippen LogP contribution in [0.4, 0.5) is 4.39 Å². The van der Waals surface area contributed by atoms with E-state index in [1.807, 2.05) is 13.1 Å². The lowest BCUT2D eigenvalue weighted by atomic mass is 9.97. The molecular weight excluding hydrogens is 181 g/mol. The predicted molar refractivity (Wildman–Crippen MR) is 52.7 cm³/mol. The quantitative estimate of drug-likeness (QED) is 0.775. The van der Waals surface area contributed by atoms with E-state index in [9.17, 15) is 4.39 Å².